The van der Waals surface area contributed by atoms with Gasteiger partial charge in [-0.2, -0.15) is 0 Å². The van der Waals surface area contributed by atoms with Crippen LogP contribution in [0.1, 0.15) is 46.5 Å². The van der Waals surface area contributed by atoms with Gasteiger partial charge in [-0.25, -0.2) is 4.98 Å². The second-order valence-electron chi connectivity index (χ2n) is 10.3. The number of likely N-dealkylation sites (N-methyl/N-ethyl adjacent to an activating group) is 1. The van der Waals surface area contributed by atoms with Crippen molar-refractivity contribution in [2.24, 2.45) is 4.99 Å². The van der Waals surface area contributed by atoms with Crippen molar-refractivity contribution in [3.8, 4) is 5.75 Å². The van der Waals surface area contributed by atoms with Gasteiger partial charge in [-0.3, -0.25) is 24.5 Å². The number of nitrogens with one attached hydrogen (secondary N) is 3. The highest BCUT2D eigenvalue weighted by molar-refractivity contribution is 6.02. The second kappa shape index (κ2) is 13.6. The largest absolute Gasteiger partial charge is 0.489 e. The first-order chi connectivity index (χ1) is 21.3. The molecule has 0 bridgehead atoms. The molecule has 224 valence electrons. The van der Waals surface area contributed by atoms with Gasteiger partial charge in [-0.1, -0.05) is 54.6 Å². The van der Waals surface area contributed by atoms with E-state index in [-0.39, 0.29) is 30.7 Å². The molecule has 1 aliphatic heterocycles. The molecule has 11 heteroatoms. The van der Waals surface area contributed by atoms with Crippen LogP contribution in [0.5, 0.6) is 5.75 Å². The van der Waals surface area contributed by atoms with E-state index in [2.05, 4.69) is 37.5 Å². The number of allylic oxidation sites excluding steroid dienone is 1. The molecule has 2 heterocycles. The van der Waals surface area contributed by atoms with Crippen LogP contribution < -0.4 is 20.3 Å². The van der Waals surface area contributed by atoms with Gasteiger partial charge in [0.1, 0.15) is 24.2 Å². The highest BCUT2D eigenvalue weighted by atomic mass is 16.5. The number of H-pyrrole nitrogens is 1. The fraction of sp³-hybridized carbons (Fsp3) is 0.212. The summed E-state index contributed by atoms with van der Waals surface area (Å²) in [5.41, 5.74) is 4.66. The van der Waals surface area contributed by atoms with Gasteiger partial charge in [0, 0.05) is 25.6 Å². The first-order valence-corrected chi connectivity index (χ1v) is 14.2. The van der Waals surface area contributed by atoms with Crippen LogP contribution in [-0.2, 0) is 22.4 Å². The quantitative estimate of drug-likeness (QED) is 0.232. The lowest BCUT2D eigenvalue weighted by Crippen LogP contribution is -2.49. The third-order valence-corrected chi connectivity index (χ3v) is 7.14. The van der Waals surface area contributed by atoms with Crippen molar-refractivity contribution < 1.29 is 19.1 Å². The summed E-state index contributed by atoms with van der Waals surface area (Å²) in [6.07, 6.45) is 5.00. The number of hydrogen-bond donors (Lipinski definition) is 3. The molecule has 44 heavy (non-hydrogen) atoms. The number of anilines is 2. The summed E-state index contributed by atoms with van der Waals surface area (Å²) in [6, 6.07) is 19.7. The molecule has 0 aliphatic carbocycles. The van der Waals surface area contributed by atoms with E-state index < -0.39 is 11.9 Å². The summed E-state index contributed by atoms with van der Waals surface area (Å²) in [5.74, 6) is -0.104. The number of aryl methyl sites for hydroxylation is 1. The van der Waals surface area contributed by atoms with E-state index in [1.54, 1.807) is 19.2 Å². The minimum absolute atomic E-state index is 0.0561. The van der Waals surface area contributed by atoms with E-state index in [1.165, 1.54) is 4.90 Å². The number of nitrogens with zero attached hydrogens (tertiary/aromatic N) is 4. The third-order valence-electron chi connectivity index (χ3n) is 7.14. The molecule has 0 saturated heterocycles. The van der Waals surface area contributed by atoms with Gasteiger partial charge in [0.05, 0.1) is 11.4 Å². The number of carbonyl (C=O) groups is 3. The Morgan fingerprint density at radius 2 is 1.95 bits per heavy atom. The first-order valence-electron chi connectivity index (χ1n) is 14.2. The summed E-state index contributed by atoms with van der Waals surface area (Å²) < 4.78 is 5.91. The van der Waals surface area contributed by atoms with Crippen molar-refractivity contribution >= 4 is 47.6 Å². The lowest BCUT2D eigenvalue weighted by molar-refractivity contribution is -0.120. The molecule has 4 aromatic rings. The van der Waals surface area contributed by atoms with Crippen molar-refractivity contribution in [1.29, 1.82) is 0 Å². The molecular formula is C33H33N7O4. The number of rotatable bonds is 10. The van der Waals surface area contributed by atoms with Crippen molar-refractivity contribution in [2.45, 2.75) is 32.2 Å². The van der Waals surface area contributed by atoms with Crippen molar-refractivity contribution in [2.75, 3.05) is 23.9 Å². The molecule has 0 spiro atoms. The molecule has 11 nitrogen and oxygen atoms in total. The number of aromatic amines is 1. The molecule has 5 rings (SSSR count). The van der Waals surface area contributed by atoms with E-state index in [0.29, 0.717) is 41.5 Å². The molecule has 1 atom stereocenters. The van der Waals surface area contributed by atoms with Crippen LogP contribution in [0.15, 0.2) is 77.8 Å². The lowest BCUT2D eigenvalue weighted by atomic mass is 10.1. The van der Waals surface area contributed by atoms with E-state index in [4.69, 9.17) is 4.74 Å². The second-order valence-corrected chi connectivity index (χ2v) is 10.3. The maximum absolute atomic E-state index is 13.3. The van der Waals surface area contributed by atoms with Crippen LogP contribution in [0.4, 0.5) is 17.1 Å². The SMILES string of the molecule is C=Nc1cc(NC(=O)CCc2ccc3c(c2)N(C)C(=O)[C@H](NC(=O)c2n[nH]c(Cc4ccccc4)n2)CO3)ccc1/C=C\C. The van der Waals surface area contributed by atoms with Crippen LogP contribution in [0.3, 0.4) is 0 Å². The fourth-order valence-corrected chi connectivity index (χ4v) is 4.85. The maximum atomic E-state index is 13.3. The van der Waals surface area contributed by atoms with Crippen molar-refractivity contribution in [3.63, 3.8) is 0 Å². The monoisotopic (exact) mass is 591 g/mol. The zero-order chi connectivity index (χ0) is 31.1. The summed E-state index contributed by atoms with van der Waals surface area (Å²) in [7, 11) is 1.62. The Labute approximate surface area is 255 Å². The number of aromatic nitrogens is 3. The fourth-order valence-electron chi connectivity index (χ4n) is 4.85. The molecule has 0 fully saturated rings. The number of fused-ring (bicyclic) bond motifs is 1. The predicted octanol–water partition coefficient (Wildman–Crippen LogP) is 4.49. The Kier molecular flexibility index (Phi) is 9.24. The topological polar surface area (TPSA) is 142 Å². The first kappa shape index (κ1) is 29.9. The number of amides is 3. The maximum Gasteiger partial charge on any atom is 0.291 e. The zero-order valence-electron chi connectivity index (χ0n) is 24.5. The summed E-state index contributed by atoms with van der Waals surface area (Å²) in [5, 5.41) is 12.4. The number of benzene rings is 3. The minimum atomic E-state index is -0.945. The average Bonchev–Trinajstić information content (AvgIpc) is 3.47. The van der Waals surface area contributed by atoms with Crippen molar-refractivity contribution in [1.82, 2.24) is 20.5 Å². The molecule has 3 aromatic carbocycles. The average molecular weight is 592 g/mol. The number of carbonyl (C=O) groups excluding carboxylic acids is 3. The standard InChI is InChI=1S/C33H33N7O4/c1-4-8-23-13-14-24(19-25(23)34-2)35-30(41)16-12-22-11-15-28-27(17-22)40(3)33(43)26(20-44-28)36-32(42)31-37-29(38-39-31)18-21-9-6-5-7-10-21/h4-11,13-15,17,19,26H,2,12,16,18,20H2,1,3H3,(H,35,41)(H,36,42)(H,37,38,39)/b8-4-/t26-/m1/s1. The highest BCUT2D eigenvalue weighted by Gasteiger charge is 2.31. The Hall–Kier alpha value is -5.58. The van der Waals surface area contributed by atoms with Gasteiger partial charge >= 0.3 is 0 Å². The van der Waals surface area contributed by atoms with Crippen LogP contribution in [0.25, 0.3) is 6.08 Å². The molecule has 0 unspecified atom stereocenters. The van der Waals surface area contributed by atoms with Gasteiger partial charge < -0.3 is 20.3 Å². The van der Waals surface area contributed by atoms with Gasteiger partial charge in [0.2, 0.25) is 11.7 Å². The normalized spacial score (nSPS) is 14.5. The molecule has 1 aliphatic rings. The molecular weight excluding hydrogens is 558 g/mol. The smallest absolute Gasteiger partial charge is 0.291 e. The third kappa shape index (κ3) is 7.06. The van der Waals surface area contributed by atoms with Crippen molar-refractivity contribution in [3.05, 3.63) is 101 Å². The van der Waals surface area contributed by atoms with Crippen LogP contribution >= 0.6 is 0 Å². The van der Waals surface area contributed by atoms with Crippen LogP contribution in [0.2, 0.25) is 0 Å². The van der Waals surface area contributed by atoms with Gasteiger partial charge in [0.15, 0.2) is 0 Å². The van der Waals surface area contributed by atoms with Crippen LogP contribution in [0, 0.1) is 0 Å². The predicted molar refractivity (Wildman–Crippen MR) is 170 cm³/mol. The van der Waals surface area contributed by atoms with Gasteiger partial charge in [0.25, 0.3) is 11.8 Å². The van der Waals surface area contributed by atoms with Gasteiger partial charge in [-0.05, 0) is 61.0 Å². The minimum Gasteiger partial charge on any atom is -0.489 e. The Morgan fingerprint density at radius 3 is 2.73 bits per heavy atom. The van der Waals surface area contributed by atoms with E-state index >= 15 is 0 Å². The summed E-state index contributed by atoms with van der Waals surface area (Å²) >= 11 is 0. The number of aliphatic imine (C=N–C) groups is 1. The molecule has 0 saturated carbocycles. The van der Waals surface area contributed by atoms with E-state index in [9.17, 15) is 14.4 Å². The molecule has 3 N–H and O–H groups in total. The van der Waals surface area contributed by atoms with E-state index in [0.717, 1.165) is 16.7 Å². The highest BCUT2D eigenvalue weighted by Crippen LogP contribution is 2.32. The Balaban J connectivity index is 1.18. The molecule has 3 amide bonds. The molecule has 0 radical (unpaired) electrons. The Bertz CT molecular complexity index is 1710. The molecule has 1 aromatic heterocycles. The van der Waals surface area contributed by atoms with E-state index in [1.807, 2.05) is 73.7 Å². The number of hydrogen-bond acceptors (Lipinski definition) is 7. The zero-order valence-corrected chi connectivity index (χ0v) is 24.5. The lowest BCUT2D eigenvalue weighted by Gasteiger charge is -2.20. The summed E-state index contributed by atoms with van der Waals surface area (Å²) in [4.78, 5) is 48.7. The number of ether oxygens (including phenoxy) is 1. The van der Waals surface area contributed by atoms with Crippen LogP contribution in [-0.4, -0.2) is 59.3 Å². The van der Waals surface area contributed by atoms with Gasteiger partial charge in [-0.15, -0.1) is 5.10 Å². The summed E-state index contributed by atoms with van der Waals surface area (Å²) in [6.45, 7) is 5.47. The Morgan fingerprint density at radius 1 is 1.14 bits per heavy atom.